The Bertz CT molecular complexity index is 3390. The van der Waals surface area contributed by atoms with Crippen molar-refractivity contribution in [2.24, 2.45) is 0 Å². The van der Waals surface area contributed by atoms with Gasteiger partial charge in [-0.25, -0.2) is 0 Å². The Balaban J connectivity index is 1.17. The molecule has 0 saturated carbocycles. The molecule has 0 fully saturated rings. The van der Waals surface area contributed by atoms with Crippen LogP contribution in [-0.2, 0) is 0 Å². The molecule has 0 atom stereocenters. The van der Waals surface area contributed by atoms with Crippen LogP contribution in [0.2, 0.25) is 0 Å². The Morgan fingerprint density at radius 1 is 0.283 bits per heavy atom. The Labute approximate surface area is 302 Å². The lowest BCUT2D eigenvalue weighted by molar-refractivity contribution is 0.632. The summed E-state index contributed by atoms with van der Waals surface area (Å²) in [5.74, 6) is 0.815. The van der Waals surface area contributed by atoms with Crippen LogP contribution in [0, 0.1) is 0 Å². The van der Waals surface area contributed by atoms with E-state index >= 15 is 0 Å². The van der Waals surface area contributed by atoms with Crippen LogP contribution in [0.3, 0.4) is 0 Å². The fourth-order valence-corrected chi connectivity index (χ4v) is 8.66. The summed E-state index contributed by atoms with van der Waals surface area (Å²) in [5, 5.41) is 12.5. The lowest BCUT2D eigenvalue weighted by Crippen LogP contribution is -1.91. The van der Waals surface area contributed by atoms with Crippen molar-refractivity contribution in [3.05, 3.63) is 170 Å². The van der Waals surface area contributed by atoms with Gasteiger partial charge < -0.3 is 13.3 Å². The predicted molar refractivity (Wildman–Crippen MR) is 220 cm³/mol. The van der Waals surface area contributed by atoms with Gasteiger partial charge in [-0.05, 0) is 85.9 Å². The lowest BCUT2D eigenvalue weighted by atomic mass is 9.85. The van der Waals surface area contributed by atoms with Gasteiger partial charge in [0.2, 0.25) is 0 Å². The molecule has 0 bridgehead atoms. The molecule has 3 heteroatoms. The highest BCUT2D eigenvalue weighted by Crippen LogP contribution is 2.49. The molecule has 0 saturated heterocycles. The third-order valence-electron chi connectivity index (χ3n) is 11.0. The largest absolute Gasteiger partial charge is 0.456 e. The number of rotatable bonds is 3. The van der Waals surface area contributed by atoms with Crippen molar-refractivity contribution in [1.82, 2.24) is 0 Å². The fourth-order valence-electron chi connectivity index (χ4n) is 8.66. The average Bonchev–Trinajstić information content (AvgIpc) is 3.93. The quantitative estimate of drug-likeness (QED) is 0.175. The molecule has 9 aromatic carbocycles. The van der Waals surface area contributed by atoms with E-state index in [0.717, 1.165) is 88.2 Å². The van der Waals surface area contributed by atoms with Crippen molar-refractivity contribution in [2.75, 3.05) is 0 Å². The zero-order chi connectivity index (χ0) is 34.6. The molecule has 0 aliphatic carbocycles. The van der Waals surface area contributed by atoms with Crippen LogP contribution < -0.4 is 0 Å². The zero-order valence-electron chi connectivity index (χ0n) is 28.4. The highest BCUT2D eigenvalue weighted by atomic mass is 16.3. The van der Waals surface area contributed by atoms with Gasteiger partial charge >= 0.3 is 0 Å². The number of para-hydroxylation sites is 2. The number of fused-ring (bicyclic) bond motifs is 11. The molecule has 3 nitrogen and oxygen atoms in total. The van der Waals surface area contributed by atoms with Gasteiger partial charge in [0, 0.05) is 38.2 Å². The first-order valence-corrected chi connectivity index (χ1v) is 18.0. The molecule has 3 heterocycles. The molecular formula is C50H28O3. The highest BCUT2D eigenvalue weighted by Gasteiger charge is 2.24. The molecule has 0 N–H and O–H groups in total. The minimum Gasteiger partial charge on any atom is -0.456 e. The van der Waals surface area contributed by atoms with Crippen molar-refractivity contribution in [1.29, 1.82) is 0 Å². The maximum Gasteiger partial charge on any atom is 0.146 e. The molecule has 0 aliphatic rings. The molecule has 12 aromatic rings. The van der Waals surface area contributed by atoms with Gasteiger partial charge in [0.25, 0.3) is 0 Å². The maximum atomic E-state index is 6.89. The van der Waals surface area contributed by atoms with Crippen LogP contribution in [-0.4, -0.2) is 0 Å². The van der Waals surface area contributed by atoms with Gasteiger partial charge in [-0.3, -0.25) is 0 Å². The first kappa shape index (κ1) is 28.6. The Kier molecular flexibility index (Phi) is 5.77. The lowest BCUT2D eigenvalue weighted by Gasteiger charge is -2.18. The molecule has 0 aliphatic heterocycles. The van der Waals surface area contributed by atoms with Crippen molar-refractivity contribution in [2.45, 2.75) is 0 Å². The fraction of sp³-hybridized carbons (Fsp3) is 0. The van der Waals surface area contributed by atoms with Gasteiger partial charge in [-0.1, -0.05) is 127 Å². The topological polar surface area (TPSA) is 39.4 Å². The minimum absolute atomic E-state index is 0.815. The van der Waals surface area contributed by atoms with E-state index in [0.29, 0.717) is 0 Å². The summed E-state index contributed by atoms with van der Waals surface area (Å²) in [6, 6.07) is 60.2. The molecule has 0 spiro atoms. The van der Waals surface area contributed by atoms with Crippen LogP contribution in [0.15, 0.2) is 183 Å². The molecule has 53 heavy (non-hydrogen) atoms. The number of benzene rings is 9. The summed E-state index contributed by atoms with van der Waals surface area (Å²) < 4.78 is 19.8. The number of hydrogen-bond donors (Lipinski definition) is 0. The third-order valence-corrected chi connectivity index (χ3v) is 11.0. The zero-order valence-corrected chi connectivity index (χ0v) is 28.4. The third kappa shape index (κ3) is 4.10. The van der Waals surface area contributed by atoms with Crippen molar-refractivity contribution in [3.8, 4) is 33.6 Å². The average molecular weight is 677 g/mol. The van der Waals surface area contributed by atoms with E-state index in [-0.39, 0.29) is 0 Å². The Hall–Kier alpha value is -7.10. The SMILES string of the molecule is c1ccc(-c2cc3c(o2)c(-c2c4ccccc4c(-c4ccc5cc6c(cc5c4)oc4ccccc46)c4ccccc24)cc2c4ccccc4oc32)cc1. The van der Waals surface area contributed by atoms with E-state index in [1.165, 1.54) is 32.5 Å². The summed E-state index contributed by atoms with van der Waals surface area (Å²) in [7, 11) is 0. The molecule has 0 unspecified atom stereocenters. The molecule has 0 amide bonds. The van der Waals surface area contributed by atoms with Gasteiger partial charge in [-0.15, -0.1) is 0 Å². The van der Waals surface area contributed by atoms with E-state index in [2.05, 4.69) is 127 Å². The Morgan fingerprint density at radius 3 is 1.60 bits per heavy atom. The van der Waals surface area contributed by atoms with Gasteiger partial charge in [-0.2, -0.15) is 0 Å². The molecular weight excluding hydrogens is 649 g/mol. The van der Waals surface area contributed by atoms with Crippen LogP contribution in [0.4, 0.5) is 0 Å². The summed E-state index contributed by atoms with van der Waals surface area (Å²) in [5.41, 5.74) is 9.94. The second kappa shape index (κ2) is 10.7. The highest BCUT2D eigenvalue weighted by molar-refractivity contribution is 6.27. The van der Waals surface area contributed by atoms with E-state index in [1.807, 2.05) is 42.5 Å². The monoisotopic (exact) mass is 676 g/mol. The Morgan fingerprint density at radius 2 is 0.887 bits per heavy atom. The van der Waals surface area contributed by atoms with Crippen molar-refractivity contribution in [3.63, 3.8) is 0 Å². The second-order valence-electron chi connectivity index (χ2n) is 14.0. The van der Waals surface area contributed by atoms with Gasteiger partial charge in [0.1, 0.15) is 33.7 Å². The second-order valence-corrected chi connectivity index (χ2v) is 14.0. The normalized spacial score (nSPS) is 12.2. The van der Waals surface area contributed by atoms with E-state index < -0.39 is 0 Å². The smallest absolute Gasteiger partial charge is 0.146 e. The summed E-state index contributed by atoms with van der Waals surface area (Å²) in [6.45, 7) is 0. The summed E-state index contributed by atoms with van der Waals surface area (Å²) in [4.78, 5) is 0. The van der Waals surface area contributed by atoms with Crippen LogP contribution in [0.25, 0.3) is 121 Å². The summed E-state index contributed by atoms with van der Waals surface area (Å²) in [6.07, 6.45) is 0. The molecule has 246 valence electrons. The van der Waals surface area contributed by atoms with Crippen LogP contribution in [0.1, 0.15) is 0 Å². The first-order chi connectivity index (χ1) is 26.3. The first-order valence-electron chi connectivity index (χ1n) is 18.0. The maximum absolute atomic E-state index is 6.89. The van der Waals surface area contributed by atoms with E-state index in [4.69, 9.17) is 13.3 Å². The standard InChI is InChI=1S/C50H28O3/c1-2-12-29(13-3-1)45-28-42-49-40(34-15-9-11-21-44(34)52-49)27-41(50(42)53-45)48-37-18-6-4-16-35(37)47(36-17-5-7-19-38(36)48)31-23-22-30-25-39-33-14-8-10-20-43(33)51-46(39)26-32(30)24-31/h1-28H. The van der Waals surface area contributed by atoms with E-state index in [9.17, 15) is 0 Å². The number of furan rings is 3. The summed E-state index contributed by atoms with van der Waals surface area (Å²) >= 11 is 0. The van der Waals surface area contributed by atoms with Gasteiger partial charge in [0.15, 0.2) is 0 Å². The molecule has 12 rings (SSSR count). The number of hydrogen-bond acceptors (Lipinski definition) is 3. The van der Waals surface area contributed by atoms with Crippen LogP contribution in [0.5, 0.6) is 0 Å². The molecule has 3 aromatic heterocycles. The van der Waals surface area contributed by atoms with Crippen molar-refractivity contribution < 1.29 is 13.3 Å². The van der Waals surface area contributed by atoms with E-state index in [1.54, 1.807) is 0 Å². The molecule has 0 radical (unpaired) electrons. The predicted octanol–water partition coefficient (Wildman–Crippen LogP) is 14.7. The van der Waals surface area contributed by atoms with Crippen LogP contribution >= 0.6 is 0 Å². The minimum atomic E-state index is 0.815. The van der Waals surface area contributed by atoms with Crippen molar-refractivity contribution >= 4 is 87.2 Å². The van der Waals surface area contributed by atoms with Gasteiger partial charge in [0.05, 0.1) is 5.39 Å².